The number of hydrogen-bond donors (Lipinski definition) is 2. The second-order valence-corrected chi connectivity index (χ2v) is 5.12. The van der Waals surface area contributed by atoms with Crippen LogP contribution in [-0.2, 0) is 13.6 Å². The van der Waals surface area contributed by atoms with Gasteiger partial charge in [-0.05, 0) is 37.3 Å². The number of nitrogens with one attached hydrogen (secondary N) is 1. The lowest BCUT2D eigenvalue weighted by Gasteiger charge is -2.06. The first-order chi connectivity index (χ1) is 10.6. The zero-order valence-electron chi connectivity index (χ0n) is 12.5. The number of carbonyl (C=O) groups excluding carboxylic acids is 1. The first kappa shape index (κ1) is 14.2. The van der Waals surface area contributed by atoms with Gasteiger partial charge in [0, 0.05) is 31.0 Å². The van der Waals surface area contributed by atoms with E-state index >= 15 is 0 Å². The van der Waals surface area contributed by atoms with Crippen molar-refractivity contribution < 1.29 is 4.79 Å². The van der Waals surface area contributed by atoms with Gasteiger partial charge in [0.05, 0.1) is 16.7 Å². The Morgan fingerprint density at radius 2 is 2.14 bits per heavy atom. The second-order valence-electron chi connectivity index (χ2n) is 5.12. The molecule has 0 aliphatic rings. The number of imidazole rings is 1. The van der Waals surface area contributed by atoms with E-state index in [0.29, 0.717) is 23.5 Å². The summed E-state index contributed by atoms with van der Waals surface area (Å²) in [6, 6.07) is 9.04. The number of aromatic nitrogens is 3. The topological polar surface area (TPSA) is 85.8 Å². The van der Waals surface area contributed by atoms with Crippen molar-refractivity contribution in [2.45, 2.75) is 13.5 Å². The van der Waals surface area contributed by atoms with Crippen molar-refractivity contribution in [2.75, 3.05) is 5.32 Å². The van der Waals surface area contributed by atoms with Crippen LogP contribution in [0, 0.1) is 6.92 Å². The molecule has 112 valence electrons. The highest BCUT2D eigenvalue weighted by atomic mass is 16.1. The molecule has 22 heavy (non-hydrogen) atoms. The molecule has 0 bridgehead atoms. The van der Waals surface area contributed by atoms with Crippen molar-refractivity contribution >= 4 is 22.6 Å². The molecule has 3 N–H and O–H groups in total. The molecule has 0 aliphatic carbocycles. The molecule has 6 nitrogen and oxygen atoms in total. The van der Waals surface area contributed by atoms with Gasteiger partial charge in [-0.15, -0.1) is 0 Å². The Balaban J connectivity index is 1.87. The minimum Gasteiger partial charge on any atom is -0.331 e. The SMILES string of the molecule is Cc1nc2cc(NC(=O)c3ccnc(CN)c3)ccc2n1C. The monoisotopic (exact) mass is 295 g/mol. The van der Waals surface area contributed by atoms with Gasteiger partial charge >= 0.3 is 0 Å². The minimum atomic E-state index is -0.191. The normalized spacial score (nSPS) is 10.9. The summed E-state index contributed by atoms with van der Waals surface area (Å²) in [6.45, 7) is 2.25. The van der Waals surface area contributed by atoms with Crippen molar-refractivity contribution in [1.29, 1.82) is 0 Å². The van der Waals surface area contributed by atoms with E-state index in [9.17, 15) is 4.79 Å². The molecule has 3 aromatic rings. The summed E-state index contributed by atoms with van der Waals surface area (Å²) in [5.74, 6) is 0.740. The van der Waals surface area contributed by atoms with Crippen LogP contribution in [-0.4, -0.2) is 20.4 Å². The maximum atomic E-state index is 12.3. The first-order valence-corrected chi connectivity index (χ1v) is 6.98. The zero-order chi connectivity index (χ0) is 15.7. The Hall–Kier alpha value is -2.73. The van der Waals surface area contributed by atoms with E-state index in [4.69, 9.17) is 5.73 Å². The first-order valence-electron chi connectivity index (χ1n) is 6.98. The number of rotatable bonds is 3. The van der Waals surface area contributed by atoms with Crippen molar-refractivity contribution in [3.63, 3.8) is 0 Å². The van der Waals surface area contributed by atoms with Gasteiger partial charge < -0.3 is 15.6 Å². The predicted octanol–water partition coefficient (Wildman–Crippen LogP) is 1.99. The number of anilines is 1. The molecule has 0 atom stereocenters. The summed E-state index contributed by atoms with van der Waals surface area (Å²) in [7, 11) is 1.97. The van der Waals surface area contributed by atoms with Crippen LogP contribution in [0.25, 0.3) is 11.0 Å². The maximum absolute atomic E-state index is 12.3. The van der Waals surface area contributed by atoms with Crippen molar-refractivity contribution in [1.82, 2.24) is 14.5 Å². The summed E-state index contributed by atoms with van der Waals surface area (Å²) in [5, 5.41) is 2.87. The highest BCUT2D eigenvalue weighted by Crippen LogP contribution is 2.20. The molecule has 0 fully saturated rings. The van der Waals surface area contributed by atoms with Gasteiger partial charge in [0.1, 0.15) is 5.82 Å². The summed E-state index contributed by atoms with van der Waals surface area (Å²) < 4.78 is 2.01. The number of pyridine rings is 1. The Morgan fingerprint density at radius 3 is 2.91 bits per heavy atom. The van der Waals surface area contributed by atoms with Gasteiger partial charge in [-0.3, -0.25) is 9.78 Å². The Bertz CT molecular complexity index is 853. The molecule has 0 saturated heterocycles. The predicted molar refractivity (Wildman–Crippen MR) is 85.5 cm³/mol. The van der Waals surface area contributed by atoms with Crippen LogP contribution in [0.15, 0.2) is 36.5 Å². The average Bonchev–Trinajstić information content (AvgIpc) is 2.81. The summed E-state index contributed by atoms with van der Waals surface area (Å²) in [6.07, 6.45) is 1.59. The van der Waals surface area contributed by atoms with Crippen LogP contribution in [0.2, 0.25) is 0 Å². The molecular formula is C16H17N5O. The van der Waals surface area contributed by atoms with Crippen molar-refractivity contribution in [2.24, 2.45) is 12.8 Å². The minimum absolute atomic E-state index is 0.191. The number of nitrogens with two attached hydrogens (primary N) is 1. The lowest BCUT2D eigenvalue weighted by atomic mass is 10.2. The smallest absolute Gasteiger partial charge is 0.255 e. The average molecular weight is 295 g/mol. The van der Waals surface area contributed by atoms with Crippen molar-refractivity contribution in [3.8, 4) is 0 Å². The molecule has 0 radical (unpaired) electrons. The maximum Gasteiger partial charge on any atom is 0.255 e. The van der Waals surface area contributed by atoms with Crippen LogP contribution in [0.1, 0.15) is 21.9 Å². The number of aryl methyl sites for hydroxylation is 2. The Morgan fingerprint density at radius 1 is 1.32 bits per heavy atom. The molecule has 0 aliphatic heterocycles. The van der Waals surface area contributed by atoms with Gasteiger partial charge in [-0.25, -0.2) is 4.98 Å². The van der Waals surface area contributed by atoms with E-state index in [2.05, 4.69) is 15.3 Å². The molecule has 0 saturated carbocycles. The van der Waals surface area contributed by atoms with E-state index < -0.39 is 0 Å². The summed E-state index contributed by atoms with van der Waals surface area (Å²) in [4.78, 5) is 20.8. The molecule has 3 rings (SSSR count). The number of nitrogens with zero attached hydrogens (tertiary/aromatic N) is 3. The Labute approximate surface area is 128 Å². The molecule has 2 heterocycles. The zero-order valence-corrected chi connectivity index (χ0v) is 12.5. The number of benzene rings is 1. The highest BCUT2D eigenvalue weighted by Gasteiger charge is 2.09. The number of amides is 1. The summed E-state index contributed by atoms with van der Waals surface area (Å²) in [5.41, 5.74) is 9.36. The fourth-order valence-electron chi connectivity index (χ4n) is 2.33. The standard InChI is InChI=1S/C16H17N5O/c1-10-19-14-8-12(3-4-15(14)21(10)2)20-16(22)11-5-6-18-13(7-11)9-17/h3-8H,9,17H2,1-2H3,(H,20,22). The number of hydrogen-bond acceptors (Lipinski definition) is 4. The van der Waals surface area contributed by atoms with E-state index in [1.54, 1.807) is 18.3 Å². The van der Waals surface area contributed by atoms with Crippen LogP contribution in [0.5, 0.6) is 0 Å². The molecule has 6 heteroatoms. The molecule has 1 aromatic carbocycles. The number of carbonyl (C=O) groups is 1. The van der Waals surface area contributed by atoms with Crippen LogP contribution < -0.4 is 11.1 Å². The number of fused-ring (bicyclic) bond motifs is 1. The van der Waals surface area contributed by atoms with E-state index in [-0.39, 0.29) is 5.91 Å². The molecule has 1 amide bonds. The Kier molecular flexibility index (Phi) is 3.60. The third-order valence-electron chi connectivity index (χ3n) is 3.65. The van der Waals surface area contributed by atoms with E-state index in [1.165, 1.54) is 0 Å². The van der Waals surface area contributed by atoms with Gasteiger partial charge in [0.25, 0.3) is 5.91 Å². The second kappa shape index (κ2) is 5.57. The molecular weight excluding hydrogens is 278 g/mol. The van der Waals surface area contributed by atoms with E-state index in [0.717, 1.165) is 16.9 Å². The molecule has 0 spiro atoms. The fourth-order valence-corrected chi connectivity index (χ4v) is 2.33. The molecule has 2 aromatic heterocycles. The highest BCUT2D eigenvalue weighted by molar-refractivity contribution is 6.05. The third-order valence-corrected chi connectivity index (χ3v) is 3.65. The van der Waals surface area contributed by atoms with Gasteiger partial charge in [-0.2, -0.15) is 0 Å². The van der Waals surface area contributed by atoms with Gasteiger partial charge in [0.2, 0.25) is 0 Å². The molecule has 0 unspecified atom stereocenters. The fraction of sp³-hybridized carbons (Fsp3) is 0.188. The quantitative estimate of drug-likeness (QED) is 0.773. The van der Waals surface area contributed by atoms with Crippen LogP contribution in [0.3, 0.4) is 0 Å². The lowest BCUT2D eigenvalue weighted by molar-refractivity contribution is 0.102. The largest absolute Gasteiger partial charge is 0.331 e. The summed E-state index contributed by atoms with van der Waals surface area (Å²) >= 11 is 0. The van der Waals surface area contributed by atoms with Crippen molar-refractivity contribution in [3.05, 3.63) is 53.6 Å². The van der Waals surface area contributed by atoms with Gasteiger partial charge in [-0.1, -0.05) is 0 Å². The lowest BCUT2D eigenvalue weighted by Crippen LogP contribution is -2.13. The third kappa shape index (κ3) is 2.56. The van der Waals surface area contributed by atoms with Crippen LogP contribution in [0.4, 0.5) is 5.69 Å². The van der Waals surface area contributed by atoms with E-state index in [1.807, 2.05) is 36.7 Å². The van der Waals surface area contributed by atoms with Crippen LogP contribution >= 0.6 is 0 Å². The van der Waals surface area contributed by atoms with Gasteiger partial charge in [0.15, 0.2) is 0 Å².